The van der Waals surface area contributed by atoms with E-state index in [1.807, 2.05) is 12.1 Å². The van der Waals surface area contributed by atoms with Gasteiger partial charge in [-0.1, -0.05) is 5.16 Å². The predicted molar refractivity (Wildman–Crippen MR) is 153 cm³/mol. The Kier molecular flexibility index (Phi) is 8.46. The first-order chi connectivity index (χ1) is 19.2. The highest BCUT2D eigenvalue weighted by molar-refractivity contribution is 5.93. The van der Waals surface area contributed by atoms with E-state index in [9.17, 15) is 15.0 Å². The lowest BCUT2D eigenvalue weighted by molar-refractivity contribution is 0.0801. The third kappa shape index (κ3) is 6.68. The lowest BCUT2D eigenvalue weighted by Gasteiger charge is -2.41. The van der Waals surface area contributed by atoms with Crippen molar-refractivity contribution < 1.29 is 24.3 Å². The van der Waals surface area contributed by atoms with E-state index >= 15 is 0 Å². The number of phenols is 2. The fourth-order valence-electron chi connectivity index (χ4n) is 5.52. The lowest BCUT2D eigenvalue weighted by atomic mass is 9.98. The molecule has 10 nitrogen and oxygen atoms in total. The molecule has 0 atom stereocenters. The van der Waals surface area contributed by atoms with Gasteiger partial charge in [0.05, 0.1) is 0 Å². The van der Waals surface area contributed by atoms with E-state index in [2.05, 4.69) is 46.5 Å². The maximum atomic E-state index is 13.0. The van der Waals surface area contributed by atoms with Crippen molar-refractivity contribution in [3.05, 3.63) is 48.2 Å². The molecule has 0 aliphatic carbocycles. The minimum absolute atomic E-state index is 0.0734. The summed E-state index contributed by atoms with van der Waals surface area (Å²) in [5, 5.41) is 31.1. The van der Waals surface area contributed by atoms with E-state index in [0.29, 0.717) is 11.8 Å². The number of rotatable bonds is 8. The zero-order valence-corrected chi connectivity index (χ0v) is 23.4. The van der Waals surface area contributed by atoms with Gasteiger partial charge in [0.2, 0.25) is 0 Å². The van der Waals surface area contributed by atoms with E-state index in [0.717, 1.165) is 44.7 Å². The first-order valence-electron chi connectivity index (χ1n) is 14.1. The minimum Gasteiger partial charge on any atom is -0.508 e. The Morgan fingerprint density at radius 1 is 1.02 bits per heavy atom. The van der Waals surface area contributed by atoms with Gasteiger partial charge < -0.3 is 39.9 Å². The van der Waals surface area contributed by atoms with Crippen molar-refractivity contribution >= 4 is 11.6 Å². The number of hydrogen-bond acceptors (Lipinski definition) is 9. The Hall–Kier alpha value is -3.76. The van der Waals surface area contributed by atoms with Crippen LogP contribution in [0.5, 0.6) is 23.0 Å². The molecule has 0 bridgehead atoms. The second kappa shape index (κ2) is 12.2. The number of piperidine rings is 2. The van der Waals surface area contributed by atoms with Gasteiger partial charge in [0, 0.05) is 55.1 Å². The van der Waals surface area contributed by atoms with Crippen LogP contribution in [0.25, 0.3) is 11.3 Å². The fourth-order valence-corrected chi connectivity index (χ4v) is 5.52. The quantitative estimate of drug-likeness (QED) is 0.318. The van der Waals surface area contributed by atoms with E-state index in [1.165, 1.54) is 31.0 Å². The summed E-state index contributed by atoms with van der Waals surface area (Å²) in [6, 6.07) is 12.4. The monoisotopic (exact) mass is 549 g/mol. The molecule has 0 spiro atoms. The first-order valence-corrected chi connectivity index (χ1v) is 14.1. The van der Waals surface area contributed by atoms with Gasteiger partial charge in [-0.2, -0.15) is 0 Å². The summed E-state index contributed by atoms with van der Waals surface area (Å²) in [6.45, 7) is 8.33. The van der Waals surface area contributed by atoms with Crippen LogP contribution >= 0.6 is 0 Å². The number of aromatic hydroxyl groups is 2. The molecular weight excluding hydrogens is 510 g/mol. The average molecular weight is 550 g/mol. The van der Waals surface area contributed by atoms with Crippen molar-refractivity contribution in [2.75, 3.05) is 38.5 Å². The summed E-state index contributed by atoms with van der Waals surface area (Å²) >= 11 is 0. The number of nitrogens with one attached hydrogen (secondary N) is 2. The van der Waals surface area contributed by atoms with Gasteiger partial charge >= 0.3 is 0 Å². The van der Waals surface area contributed by atoms with Crippen LogP contribution in [0.3, 0.4) is 0 Å². The number of likely N-dealkylation sites (tertiary alicyclic amines) is 2. The molecule has 3 aromatic rings. The molecule has 2 saturated heterocycles. The van der Waals surface area contributed by atoms with E-state index in [4.69, 9.17) is 9.26 Å². The van der Waals surface area contributed by atoms with E-state index in [-0.39, 0.29) is 52.3 Å². The van der Waals surface area contributed by atoms with Crippen LogP contribution in [-0.4, -0.2) is 82.4 Å². The molecule has 3 heterocycles. The van der Waals surface area contributed by atoms with Crippen molar-refractivity contribution in [2.45, 2.75) is 57.7 Å². The van der Waals surface area contributed by atoms with Gasteiger partial charge in [-0.15, -0.1) is 0 Å². The second-order valence-corrected chi connectivity index (χ2v) is 11.2. The molecular formula is C30H39N5O5. The van der Waals surface area contributed by atoms with Crippen LogP contribution in [0.2, 0.25) is 0 Å². The number of anilines is 1. The summed E-state index contributed by atoms with van der Waals surface area (Å²) in [6.07, 6.45) is 4.19. The van der Waals surface area contributed by atoms with E-state index < -0.39 is 0 Å². The molecule has 40 heavy (non-hydrogen) atoms. The molecule has 1 aromatic heterocycles. The zero-order chi connectivity index (χ0) is 28.2. The summed E-state index contributed by atoms with van der Waals surface area (Å²) < 4.78 is 11.5. The average Bonchev–Trinajstić information content (AvgIpc) is 3.40. The van der Waals surface area contributed by atoms with Gasteiger partial charge in [0.15, 0.2) is 11.5 Å². The third-order valence-electron chi connectivity index (χ3n) is 7.66. The maximum Gasteiger partial charge on any atom is 0.273 e. The zero-order valence-electron chi connectivity index (χ0n) is 23.4. The number of benzene rings is 2. The highest BCUT2D eigenvalue weighted by Gasteiger charge is 2.29. The minimum atomic E-state index is -0.318. The number of aromatic nitrogens is 1. The first kappa shape index (κ1) is 27.8. The second-order valence-electron chi connectivity index (χ2n) is 11.2. The van der Waals surface area contributed by atoms with Gasteiger partial charge in [-0.25, -0.2) is 0 Å². The standard InChI is InChI=1S/C30H39N5O5/c1-19(2)31-20-4-6-24(7-5-20)39-27-17-23(36)16-26(37)29(27)28-18-25(33-40-28)30(38)32-21-8-14-35(15-9-21)22-10-12-34(3)13-11-22/h4-7,16-19,21-22,31,36-37H,8-15H2,1-3H3,(H,32,38). The predicted octanol–water partition coefficient (Wildman–Crippen LogP) is 4.65. The summed E-state index contributed by atoms with van der Waals surface area (Å²) in [7, 11) is 2.18. The van der Waals surface area contributed by atoms with Crippen LogP contribution in [0.15, 0.2) is 47.0 Å². The number of carbonyl (C=O) groups excluding carboxylic acids is 1. The molecule has 0 saturated carbocycles. The molecule has 2 aliphatic rings. The molecule has 214 valence electrons. The van der Waals surface area contributed by atoms with Crippen molar-refractivity contribution in [3.63, 3.8) is 0 Å². The largest absolute Gasteiger partial charge is 0.508 e. The van der Waals surface area contributed by atoms with Crippen molar-refractivity contribution in [1.29, 1.82) is 0 Å². The summed E-state index contributed by atoms with van der Waals surface area (Å²) in [5.41, 5.74) is 1.26. The van der Waals surface area contributed by atoms with Gasteiger partial charge in [0.1, 0.15) is 28.6 Å². The van der Waals surface area contributed by atoms with Crippen molar-refractivity contribution in [3.8, 4) is 34.3 Å². The highest BCUT2D eigenvalue weighted by atomic mass is 16.5. The Labute approximate surface area is 234 Å². The number of ether oxygens (including phenoxy) is 1. The normalized spacial score (nSPS) is 17.7. The number of phenolic OH excluding ortho intramolecular Hbond substituents is 2. The Balaban J connectivity index is 1.24. The smallest absolute Gasteiger partial charge is 0.273 e. The summed E-state index contributed by atoms with van der Waals surface area (Å²) in [4.78, 5) is 18.0. The Morgan fingerprint density at radius 2 is 1.73 bits per heavy atom. The van der Waals surface area contributed by atoms with E-state index in [1.54, 1.807) is 12.1 Å². The van der Waals surface area contributed by atoms with Crippen LogP contribution in [0.4, 0.5) is 5.69 Å². The molecule has 2 fully saturated rings. The molecule has 0 radical (unpaired) electrons. The van der Waals surface area contributed by atoms with Crippen molar-refractivity contribution in [1.82, 2.24) is 20.3 Å². The Bertz CT molecular complexity index is 1290. The lowest BCUT2D eigenvalue weighted by Crippen LogP contribution is -2.50. The van der Waals surface area contributed by atoms with Crippen LogP contribution in [0, 0.1) is 0 Å². The van der Waals surface area contributed by atoms with Gasteiger partial charge in [-0.05, 0) is 83.9 Å². The highest BCUT2D eigenvalue weighted by Crippen LogP contribution is 2.43. The Morgan fingerprint density at radius 3 is 2.40 bits per heavy atom. The molecule has 4 N–H and O–H groups in total. The number of amides is 1. The molecule has 5 rings (SSSR count). The molecule has 0 unspecified atom stereocenters. The van der Waals surface area contributed by atoms with Crippen LogP contribution < -0.4 is 15.4 Å². The number of nitrogens with zero attached hydrogens (tertiary/aromatic N) is 3. The SMILES string of the molecule is CC(C)Nc1ccc(Oc2cc(O)cc(O)c2-c2cc(C(=O)NC3CCN(C4CCN(C)CC4)CC3)no2)cc1. The number of hydrogen-bond donors (Lipinski definition) is 4. The molecule has 1 amide bonds. The molecule has 2 aliphatic heterocycles. The molecule has 2 aromatic carbocycles. The molecule has 10 heteroatoms. The maximum absolute atomic E-state index is 13.0. The van der Waals surface area contributed by atoms with Gasteiger partial charge in [0.25, 0.3) is 5.91 Å². The van der Waals surface area contributed by atoms with Crippen molar-refractivity contribution in [2.24, 2.45) is 0 Å². The van der Waals surface area contributed by atoms with Crippen LogP contribution in [-0.2, 0) is 0 Å². The topological polar surface area (TPSA) is 123 Å². The van der Waals surface area contributed by atoms with Crippen LogP contribution in [0.1, 0.15) is 50.0 Å². The number of carbonyl (C=O) groups is 1. The third-order valence-corrected chi connectivity index (χ3v) is 7.66. The summed E-state index contributed by atoms with van der Waals surface area (Å²) in [5.74, 6) is 0.0986. The van der Waals surface area contributed by atoms with Gasteiger partial charge in [-0.3, -0.25) is 4.79 Å². The fraction of sp³-hybridized carbons (Fsp3) is 0.467.